The lowest BCUT2D eigenvalue weighted by atomic mass is 9.92. The molecule has 0 saturated heterocycles. The van der Waals surface area contributed by atoms with Gasteiger partial charge in [-0.2, -0.15) is 25.5 Å². The molecule has 5 aliphatic heterocycles. The van der Waals surface area contributed by atoms with Crippen LogP contribution < -0.4 is 26.6 Å². The maximum atomic E-state index is 12.2. The quantitative estimate of drug-likeness (QED) is 0.0465. The Morgan fingerprint density at radius 1 is 0.275 bits per heavy atom. The number of ether oxygens (including phenoxy) is 3. The Labute approximate surface area is 827 Å². The van der Waals surface area contributed by atoms with Crippen LogP contribution in [0.4, 0.5) is 28.4 Å². The molecule has 0 unspecified atom stereocenters. The molecule has 25 heteroatoms. The van der Waals surface area contributed by atoms with E-state index in [1.54, 1.807) is 0 Å². The minimum absolute atomic E-state index is 0.00777. The third-order valence-corrected chi connectivity index (χ3v) is 29.9. The molecule has 142 heavy (non-hydrogen) atoms. The van der Waals surface area contributed by atoms with Crippen LogP contribution in [0.15, 0.2) is 214 Å². The van der Waals surface area contributed by atoms with Gasteiger partial charge in [0.25, 0.3) is 29.5 Å². The molecule has 10 heterocycles. The maximum absolute atomic E-state index is 12.2. The van der Waals surface area contributed by atoms with E-state index in [1.807, 2.05) is 127 Å². The van der Waals surface area contributed by atoms with Gasteiger partial charge < -0.3 is 45.9 Å². The minimum Gasteiger partial charge on any atom is -0.393 e. The molecule has 0 atom stereocenters. The Balaban J connectivity index is 0.000000105. The summed E-state index contributed by atoms with van der Waals surface area (Å²) >= 11 is 0. The number of hydrogen-bond acceptors (Lipinski definition) is 15. The predicted octanol–water partition coefficient (Wildman–Crippen LogP) is 24.0. The number of hydrogen-bond donors (Lipinski definition) is 6. The van der Waals surface area contributed by atoms with Crippen molar-refractivity contribution >= 4 is 118 Å². The molecule has 5 aromatic heterocycles. The van der Waals surface area contributed by atoms with Crippen LogP contribution in [0.2, 0.25) is 0 Å². The highest BCUT2D eigenvalue weighted by atomic mass is 16.5. The van der Waals surface area contributed by atoms with Crippen molar-refractivity contribution in [1.29, 1.82) is 0 Å². The number of Topliss-reactive ketones (excluding diaryl/α,β-unsaturated/α-hetero) is 1. The first kappa shape index (κ1) is 94.6. The molecule has 15 aromatic rings. The molecule has 5 fully saturated rings. The van der Waals surface area contributed by atoms with Gasteiger partial charge in [-0.3, -0.25) is 52.2 Å². The first-order chi connectivity index (χ1) is 68.5. The fourth-order valence-electron chi connectivity index (χ4n) is 23.3. The van der Waals surface area contributed by atoms with Crippen LogP contribution in [-0.4, -0.2) is 131 Å². The third kappa shape index (κ3) is 20.5. The molecule has 0 spiro atoms. The third-order valence-electron chi connectivity index (χ3n) is 29.9. The zero-order chi connectivity index (χ0) is 98.0. The molecule has 25 nitrogen and oxygen atoms in total. The Morgan fingerprint density at radius 2 is 0.479 bits per heavy atom. The Bertz CT molecular complexity index is 6930. The van der Waals surface area contributed by atoms with Crippen molar-refractivity contribution in [3.63, 3.8) is 0 Å². The number of aromatic nitrogens is 10. The van der Waals surface area contributed by atoms with Gasteiger partial charge in [0.1, 0.15) is 5.78 Å². The van der Waals surface area contributed by atoms with Crippen LogP contribution in [-0.2, 0) is 51.1 Å². The van der Waals surface area contributed by atoms with Crippen molar-refractivity contribution in [2.24, 2.45) is 0 Å². The van der Waals surface area contributed by atoms with Crippen molar-refractivity contribution in [3.05, 3.63) is 297 Å². The van der Waals surface area contributed by atoms with E-state index >= 15 is 0 Å². The molecule has 0 radical (unpaired) electrons. The molecular weight excluding hydrogens is 1780 g/mol. The lowest BCUT2D eigenvalue weighted by molar-refractivity contribution is -0.120. The van der Waals surface area contributed by atoms with E-state index in [0.29, 0.717) is 67.1 Å². The fraction of sp³-hybridized carbons (Fsp3) is 0.393. The van der Waals surface area contributed by atoms with Crippen molar-refractivity contribution in [1.82, 2.24) is 48.9 Å². The largest absolute Gasteiger partial charge is 0.393 e. The van der Waals surface area contributed by atoms with Crippen LogP contribution in [0.25, 0.3) is 53.9 Å². The van der Waals surface area contributed by atoms with E-state index in [4.69, 9.17) is 14.2 Å². The summed E-state index contributed by atoms with van der Waals surface area (Å²) in [6.07, 6.45) is 45.6. The average Bonchev–Trinajstić information content (AvgIpc) is 1.62. The van der Waals surface area contributed by atoms with Gasteiger partial charge in [0.05, 0.1) is 102 Å². The van der Waals surface area contributed by atoms with Gasteiger partial charge >= 0.3 is 0 Å². The SMILES string of the molecule is CC(C)(C)OC1CCC(n2cc(Cc3ccc4c5c(cccc35)C(=O)N4)cn2)CC1.CC(C)(C)OC1CCC(n2cc(Cc3ccc4c5c(cccc35)C(=O)N4)cn2)CC1.CC(C)(C)OC1CCC(n2cc(Cc3ccc4c5c(cccc35)C(=O)N4)cn2)CC1.O=C1CCC(n2cc(Cc3ccc4c5c(cccc35)C(=O)N4)cn2)CC1.O=C1Nc2ccc(Cc3cnn(C4CCC(O)CC4)c3)c3cccc1c23. The zero-order valence-corrected chi connectivity index (χ0v) is 82.7. The molecule has 5 amide bonds. The Morgan fingerprint density at radius 3 is 0.690 bits per heavy atom. The molecule has 5 aliphatic carbocycles. The van der Waals surface area contributed by atoms with E-state index in [-0.39, 0.29) is 52.4 Å². The lowest BCUT2D eigenvalue weighted by Gasteiger charge is -2.33. The average molecular weight is 1900 g/mol. The van der Waals surface area contributed by atoms with Crippen molar-refractivity contribution < 1.29 is 48.1 Å². The predicted molar refractivity (Wildman–Crippen MR) is 557 cm³/mol. The normalized spacial score (nSPS) is 20.6. The zero-order valence-electron chi connectivity index (χ0n) is 82.7. The first-order valence-corrected chi connectivity index (χ1v) is 51.2. The summed E-state index contributed by atoms with van der Waals surface area (Å²) in [6, 6.07) is 52.4. The molecule has 5 saturated carbocycles. The number of ketones is 1. The maximum Gasteiger partial charge on any atom is 0.256 e. The van der Waals surface area contributed by atoms with Crippen LogP contribution in [0, 0.1) is 0 Å². The summed E-state index contributed by atoms with van der Waals surface area (Å²) in [7, 11) is 0. The van der Waals surface area contributed by atoms with E-state index in [0.717, 1.165) is 263 Å². The molecule has 10 aliphatic rings. The molecule has 0 bridgehead atoms. The van der Waals surface area contributed by atoms with Crippen molar-refractivity contribution in [2.75, 3.05) is 26.6 Å². The second-order valence-corrected chi connectivity index (χ2v) is 43.5. The Hall–Kier alpha value is -13.6. The summed E-state index contributed by atoms with van der Waals surface area (Å²) in [5.74, 6) is 0.298. The van der Waals surface area contributed by atoms with Gasteiger partial charge in [-0.1, -0.05) is 91.0 Å². The highest BCUT2D eigenvalue weighted by Crippen LogP contribution is 2.45. The second-order valence-electron chi connectivity index (χ2n) is 43.5. The van der Waals surface area contributed by atoms with Gasteiger partial charge in [0, 0.05) is 159 Å². The van der Waals surface area contributed by atoms with E-state index < -0.39 is 0 Å². The number of carbonyl (C=O) groups excluding carboxylic acids is 6. The van der Waals surface area contributed by atoms with Crippen LogP contribution >= 0.6 is 0 Å². The number of anilines is 5. The number of amides is 5. The number of nitrogens with one attached hydrogen (secondary N) is 5. The molecule has 10 aromatic carbocycles. The summed E-state index contributed by atoms with van der Waals surface area (Å²) in [5.41, 5.74) is 20.2. The summed E-state index contributed by atoms with van der Waals surface area (Å²) < 4.78 is 29.0. The summed E-state index contributed by atoms with van der Waals surface area (Å²) in [4.78, 5) is 72.1. The van der Waals surface area contributed by atoms with E-state index in [2.05, 4.69) is 225 Å². The van der Waals surface area contributed by atoms with Crippen molar-refractivity contribution in [3.8, 4) is 0 Å². The summed E-state index contributed by atoms with van der Waals surface area (Å²) in [6.45, 7) is 19.2. The number of rotatable bonds is 18. The van der Waals surface area contributed by atoms with E-state index in [9.17, 15) is 33.9 Å². The van der Waals surface area contributed by atoms with Crippen molar-refractivity contribution in [2.45, 2.75) is 294 Å². The van der Waals surface area contributed by atoms with Gasteiger partial charge in [0.15, 0.2) is 0 Å². The Kier molecular flexibility index (Phi) is 26.2. The summed E-state index contributed by atoms with van der Waals surface area (Å²) in [5, 5.41) is 58.5. The highest BCUT2D eigenvalue weighted by molar-refractivity contribution is 6.28. The van der Waals surface area contributed by atoms with Crippen LogP contribution in [0.5, 0.6) is 0 Å². The smallest absolute Gasteiger partial charge is 0.256 e. The molecule has 25 rings (SSSR count). The number of aliphatic hydroxyl groups excluding tert-OH is 1. The second kappa shape index (κ2) is 39.4. The van der Waals surface area contributed by atoms with Gasteiger partial charge in [-0.25, -0.2) is 0 Å². The highest BCUT2D eigenvalue weighted by Gasteiger charge is 2.35. The number of benzene rings is 10. The van der Waals surface area contributed by atoms with Gasteiger partial charge in [-0.15, -0.1) is 0 Å². The number of nitrogens with zero attached hydrogens (tertiary/aromatic N) is 10. The molecule has 6 N–H and O–H groups in total. The molecule has 730 valence electrons. The van der Waals surface area contributed by atoms with Gasteiger partial charge in [-0.05, 0) is 321 Å². The molecular formula is C117H127N15O10. The standard InChI is InChI=1S/3C25H29N3O2.C21H21N3O2.C21H19N3O2/c3*1-25(2,3)30-19-10-8-18(9-11-19)28-15-16(14-26-28)13-17-7-12-22-23-20(17)5-4-6-21(23)24(29)27-22;2*25-16-7-5-15(6-8-16)24-12-13(11-22-24)10-14-4-9-19-20-17(14)2-1-3-18(20)21(26)23-19/h3*4-7,12,14-15,18-19H,8-11,13H2,1-3H3,(H,27,29);1-4,9,11-12,15-16,25H,5-8,10H2,(H,23,26);1-4,9,11-12,15H,5-8,10H2,(H,23,26). The number of aliphatic hydroxyl groups is 1. The number of carbonyl (C=O) groups is 6. The van der Waals surface area contributed by atoms with Crippen LogP contribution in [0.3, 0.4) is 0 Å². The lowest BCUT2D eigenvalue weighted by Crippen LogP contribution is -2.31. The monoisotopic (exact) mass is 1900 g/mol. The fourth-order valence-corrected chi connectivity index (χ4v) is 23.3. The van der Waals surface area contributed by atoms with E-state index in [1.165, 1.54) is 50.1 Å². The topological polar surface area (TPSA) is 300 Å². The first-order valence-electron chi connectivity index (χ1n) is 51.2. The van der Waals surface area contributed by atoms with Crippen LogP contribution in [0.1, 0.15) is 328 Å². The minimum atomic E-state index is -0.147. The van der Waals surface area contributed by atoms with Gasteiger partial charge in [0.2, 0.25) is 0 Å².